The number of nitriles is 1. The number of ether oxygens (including phenoxy) is 1. The number of carbonyl (C=O) groups excluding carboxylic acids is 1. The molecule has 9 heteroatoms. The van der Waals surface area contributed by atoms with Crippen LogP contribution in [0.2, 0.25) is 0 Å². The van der Waals surface area contributed by atoms with Crippen molar-refractivity contribution in [3.05, 3.63) is 42.1 Å². The highest BCUT2D eigenvalue weighted by Gasteiger charge is 2.12. The number of amides is 1. The molecular weight excluding hydrogens is 351 g/mol. The zero-order valence-electron chi connectivity index (χ0n) is 14.3. The average Bonchev–Trinajstić information content (AvgIpc) is 3.07. The molecule has 3 rings (SSSR count). The van der Waals surface area contributed by atoms with E-state index in [9.17, 15) is 9.18 Å². The Labute approximate surface area is 153 Å². The number of aromatic amines is 1. The van der Waals surface area contributed by atoms with Gasteiger partial charge >= 0.3 is 0 Å². The van der Waals surface area contributed by atoms with Crippen molar-refractivity contribution in [2.24, 2.45) is 11.7 Å². The number of halogens is 1. The van der Waals surface area contributed by atoms with E-state index in [1.807, 2.05) is 6.07 Å². The van der Waals surface area contributed by atoms with Crippen molar-refractivity contribution >= 4 is 23.1 Å². The fourth-order valence-corrected chi connectivity index (χ4v) is 2.26. The van der Waals surface area contributed by atoms with E-state index in [1.165, 1.54) is 30.6 Å². The number of carbonyl (C=O) groups is 1. The summed E-state index contributed by atoms with van der Waals surface area (Å²) < 4.78 is 19.5. The molecule has 0 aromatic carbocycles. The summed E-state index contributed by atoms with van der Waals surface area (Å²) in [5.74, 6) is -1.80. The SMILES string of the molecule is C[C@H](C#N)COc1ncc(-c2cnc3[nH]cc(C=CC(N)=O)c3n2)cc1F. The highest BCUT2D eigenvalue weighted by molar-refractivity contribution is 5.93. The molecule has 3 aromatic heterocycles. The van der Waals surface area contributed by atoms with Gasteiger partial charge in [0.1, 0.15) is 12.1 Å². The van der Waals surface area contributed by atoms with Crippen molar-refractivity contribution in [2.45, 2.75) is 6.92 Å². The molecule has 0 fully saturated rings. The minimum atomic E-state index is -0.664. The van der Waals surface area contributed by atoms with Crippen LogP contribution in [0.3, 0.4) is 0 Å². The van der Waals surface area contributed by atoms with Gasteiger partial charge in [0, 0.05) is 29.6 Å². The number of H-pyrrole nitrogens is 1. The monoisotopic (exact) mass is 366 g/mol. The van der Waals surface area contributed by atoms with E-state index in [4.69, 9.17) is 15.7 Å². The molecule has 0 saturated heterocycles. The van der Waals surface area contributed by atoms with Gasteiger partial charge in [0.2, 0.25) is 11.8 Å². The second-order valence-corrected chi connectivity index (χ2v) is 5.78. The van der Waals surface area contributed by atoms with Crippen LogP contribution in [-0.4, -0.2) is 32.4 Å². The van der Waals surface area contributed by atoms with Crippen molar-refractivity contribution < 1.29 is 13.9 Å². The molecule has 0 aliphatic heterocycles. The fraction of sp³-hybridized carbons (Fsp3) is 0.167. The first-order chi connectivity index (χ1) is 13.0. The lowest BCUT2D eigenvalue weighted by Crippen LogP contribution is -2.08. The number of pyridine rings is 1. The van der Waals surface area contributed by atoms with Crippen LogP contribution in [0.4, 0.5) is 4.39 Å². The highest BCUT2D eigenvalue weighted by Crippen LogP contribution is 2.24. The fourth-order valence-electron chi connectivity index (χ4n) is 2.26. The minimum Gasteiger partial charge on any atom is -0.474 e. The van der Waals surface area contributed by atoms with E-state index in [0.29, 0.717) is 28.0 Å². The average molecular weight is 366 g/mol. The zero-order chi connectivity index (χ0) is 19.4. The first kappa shape index (κ1) is 18.0. The lowest BCUT2D eigenvalue weighted by Gasteiger charge is -2.08. The molecule has 0 saturated carbocycles. The first-order valence-corrected chi connectivity index (χ1v) is 7.98. The summed E-state index contributed by atoms with van der Waals surface area (Å²) in [5, 5.41) is 8.74. The Morgan fingerprint density at radius 3 is 3.00 bits per heavy atom. The summed E-state index contributed by atoms with van der Waals surface area (Å²) >= 11 is 0. The van der Waals surface area contributed by atoms with Crippen LogP contribution < -0.4 is 10.5 Å². The topological polar surface area (TPSA) is 131 Å². The van der Waals surface area contributed by atoms with Gasteiger partial charge in [0.05, 0.1) is 23.9 Å². The maximum absolute atomic E-state index is 14.2. The highest BCUT2D eigenvalue weighted by atomic mass is 19.1. The third-order valence-electron chi connectivity index (χ3n) is 3.63. The Balaban J connectivity index is 1.91. The molecule has 27 heavy (non-hydrogen) atoms. The molecule has 1 amide bonds. The largest absolute Gasteiger partial charge is 0.474 e. The summed E-state index contributed by atoms with van der Waals surface area (Å²) in [7, 11) is 0. The van der Waals surface area contributed by atoms with Gasteiger partial charge in [0.25, 0.3) is 0 Å². The van der Waals surface area contributed by atoms with Crippen molar-refractivity contribution in [3.8, 4) is 23.2 Å². The molecule has 0 spiro atoms. The summed E-state index contributed by atoms with van der Waals surface area (Å²) in [5.41, 5.74) is 7.56. The maximum atomic E-state index is 14.2. The second-order valence-electron chi connectivity index (χ2n) is 5.78. The van der Waals surface area contributed by atoms with Crippen LogP contribution in [0.5, 0.6) is 5.88 Å². The van der Waals surface area contributed by atoms with Crippen molar-refractivity contribution in [1.82, 2.24) is 19.9 Å². The van der Waals surface area contributed by atoms with E-state index >= 15 is 0 Å². The van der Waals surface area contributed by atoms with Gasteiger partial charge in [-0.25, -0.2) is 19.3 Å². The number of primary amides is 1. The molecule has 1 atom stereocenters. The molecule has 0 unspecified atom stereocenters. The molecule has 0 radical (unpaired) electrons. The third-order valence-corrected chi connectivity index (χ3v) is 3.63. The Bertz CT molecular complexity index is 1070. The third kappa shape index (κ3) is 4.07. The molecule has 3 heterocycles. The maximum Gasteiger partial charge on any atom is 0.250 e. The van der Waals surface area contributed by atoms with Gasteiger partial charge < -0.3 is 15.5 Å². The molecule has 0 aliphatic rings. The standard InChI is InChI=1S/C18H15FN6O2/c1-10(5-20)9-27-18-13(19)4-12(7-24-18)14-8-23-17-16(25-14)11(6-22-17)2-3-15(21)26/h2-4,6-8,10H,9H2,1H3,(H2,21,26)(H,22,23)/t10-/m1/s1. The normalized spacial score (nSPS) is 12.2. The number of nitrogens with one attached hydrogen (secondary N) is 1. The van der Waals surface area contributed by atoms with E-state index in [0.717, 1.165) is 0 Å². The molecule has 0 bridgehead atoms. The van der Waals surface area contributed by atoms with E-state index in [-0.39, 0.29) is 18.4 Å². The number of hydrogen-bond acceptors (Lipinski definition) is 6. The Morgan fingerprint density at radius 2 is 2.30 bits per heavy atom. The zero-order valence-corrected chi connectivity index (χ0v) is 14.3. The van der Waals surface area contributed by atoms with Crippen molar-refractivity contribution in [2.75, 3.05) is 6.61 Å². The van der Waals surface area contributed by atoms with Gasteiger partial charge in [-0.3, -0.25) is 4.79 Å². The number of nitrogens with two attached hydrogens (primary N) is 1. The van der Waals surface area contributed by atoms with Crippen molar-refractivity contribution in [1.29, 1.82) is 5.26 Å². The Hall–Kier alpha value is -3.80. The minimum absolute atomic E-state index is 0.0461. The van der Waals surface area contributed by atoms with E-state index in [1.54, 1.807) is 13.1 Å². The van der Waals surface area contributed by atoms with Gasteiger partial charge in [0.15, 0.2) is 11.5 Å². The summed E-state index contributed by atoms with van der Waals surface area (Å²) in [6.45, 7) is 1.71. The molecule has 3 aromatic rings. The van der Waals surface area contributed by atoms with Crippen LogP contribution >= 0.6 is 0 Å². The predicted molar refractivity (Wildman–Crippen MR) is 95.6 cm³/mol. The predicted octanol–water partition coefficient (Wildman–Crippen LogP) is 2.20. The Morgan fingerprint density at radius 1 is 1.48 bits per heavy atom. The second kappa shape index (κ2) is 7.61. The number of nitrogens with zero attached hydrogens (tertiary/aromatic N) is 4. The van der Waals surface area contributed by atoms with Crippen molar-refractivity contribution in [3.63, 3.8) is 0 Å². The van der Waals surface area contributed by atoms with Gasteiger partial charge in [-0.2, -0.15) is 5.26 Å². The smallest absolute Gasteiger partial charge is 0.250 e. The van der Waals surface area contributed by atoms with Gasteiger partial charge in [-0.05, 0) is 19.1 Å². The van der Waals surface area contributed by atoms with Crippen LogP contribution in [-0.2, 0) is 4.79 Å². The Kier molecular flexibility index (Phi) is 5.08. The van der Waals surface area contributed by atoms with Crippen LogP contribution in [0, 0.1) is 23.1 Å². The first-order valence-electron chi connectivity index (χ1n) is 7.98. The number of hydrogen-bond donors (Lipinski definition) is 2. The lowest BCUT2D eigenvalue weighted by molar-refractivity contribution is -0.113. The quantitative estimate of drug-likeness (QED) is 0.643. The molecular formula is C18H15FN6O2. The van der Waals surface area contributed by atoms with Crippen LogP contribution in [0.25, 0.3) is 28.5 Å². The van der Waals surface area contributed by atoms with Gasteiger partial charge in [-0.15, -0.1) is 0 Å². The number of aromatic nitrogens is 4. The van der Waals surface area contributed by atoms with Crippen LogP contribution in [0.1, 0.15) is 12.5 Å². The number of rotatable bonds is 6. The van der Waals surface area contributed by atoms with E-state index < -0.39 is 11.7 Å². The molecule has 0 aliphatic carbocycles. The lowest BCUT2D eigenvalue weighted by atomic mass is 10.2. The van der Waals surface area contributed by atoms with E-state index in [2.05, 4.69) is 19.9 Å². The summed E-state index contributed by atoms with van der Waals surface area (Å²) in [6.07, 6.45) is 7.27. The summed E-state index contributed by atoms with van der Waals surface area (Å²) in [4.78, 5) is 26.5. The van der Waals surface area contributed by atoms with Gasteiger partial charge in [-0.1, -0.05) is 0 Å². The number of fused-ring (bicyclic) bond motifs is 1. The van der Waals surface area contributed by atoms with Crippen LogP contribution in [0.15, 0.2) is 30.7 Å². The molecule has 3 N–H and O–H groups in total. The molecule has 136 valence electrons. The molecule has 8 nitrogen and oxygen atoms in total. The summed E-state index contributed by atoms with van der Waals surface area (Å²) in [6, 6.07) is 3.23.